The van der Waals surface area contributed by atoms with Crippen LogP contribution in [0.3, 0.4) is 0 Å². The molecular weight excluding hydrogens is 254 g/mol. The molecule has 20 heavy (non-hydrogen) atoms. The maximum absolute atomic E-state index is 11.5. The summed E-state index contributed by atoms with van der Waals surface area (Å²) in [5.41, 5.74) is 2.71. The van der Waals surface area contributed by atoms with Crippen LogP contribution in [0.1, 0.15) is 54.3 Å². The zero-order valence-electron chi connectivity index (χ0n) is 12.2. The van der Waals surface area contributed by atoms with Gasteiger partial charge in [0.1, 0.15) is 0 Å². The lowest BCUT2D eigenvalue weighted by atomic mass is 10.0. The van der Waals surface area contributed by atoms with Crippen LogP contribution in [0.25, 0.3) is 10.9 Å². The van der Waals surface area contributed by atoms with Gasteiger partial charge < -0.3 is 14.8 Å². The van der Waals surface area contributed by atoms with Crippen molar-refractivity contribution < 1.29 is 15.0 Å². The number of aromatic carboxylic acids is 1. The van der Waals surface area contributed by atoms with Gasteiger partial charge in [0.15, 0.2) is 0 Å². The Morgan fingerprint density at radius 1 is 1.40 bits per heavy atom. The van der Waals surface area contributed by atoms with Crippen molar-refractivity contribution in [3.63, 3.8) is 0 Å². The van der Waals surface area contributed by atoms with Crippen LogP contribution >= 0.6 is 0 Å². The topological polar surface area (TPSA) is 62.5 Å². The van der Waals surface area contributed by atoms with Crippen LogP contribution in [0.5, 0.6) is 0 Å². The minimum Gasteiger partial charge on any atom is -0.478 e. The summed E-state index contributed by atoms with van der Waals surface area (Å²) in [6.45, 7) is 6.45. The van der Waals surface area contributed by atoms with Crippen LogP contribution in [0.4, 0.5) is 0 Å². The number of fused-ring (bicyclic) bond motifs is 1. The number of hydrogen-bond acceptors (Lipinski definition) is 2. The van der Waals surface area contributed by atoms with Crippen molar-refractivity contribution in [1.82, 2.24) is 4.57 Å². The Morgan fingerprint density at radius 3 is 2.65 bits per heavy atom. The Bertz CT molecular complexity index is 641. The normalized spacial score (nSPS) is 12.8. The fourth-order valence-corrected chi connectivity index (χ4v) is 2.61. The van der Waals surface area contributed by atoms with E-state index in [9.17, 15) is 15.0 Å². The van der Waals surface area contributed by atoms with E-state index in [2.05, 4.69) is 6.92 Å². The maximum Gasteiger partial charge on any atom is 0.337 e. The first-order chi connectivity index (χ1) is 9.45. The molecule has 0 aliphatic rings. The molecule has 1 aromatic carbocycles. The van der Waals surface area contributed by atoms with Crippen LogP contribution in [-0.4, -0.2) is 20.7 Å². The molecule has 0 radical (unpaired) electrons. The number of rotatable bonds is 5. The predicted octanol–water partition coefficient (Wildman–Crippen LogP) is 3.50. The number of benzene rings is 1. The van der Waals surface area contributed by atoms with Crippen molar-refractivity contribution in [2.45, 2.75) is 46.3 Å². The number of carboxylic acid groups (broad SMARTS) is 1. The highest BCUT2D eigenvalue weighted by molar-refractivity contribution is 6.04. The standard InChI is InChI=1S/C16H21NO3/c1-4-5-6-17-9-14(11(3)18)12-7-10(2)8-13(15(12)17)16(19)20/h7-9,11,18H,4-6H2,1-3H3,(H,19,20). The third-order valence-corrected chi connectivity index (χ3v) is 3.58. The molecule has 0 aliphatic heterocycles. The monoisotopic (exact) mass is 275 g/mol. The molecular formula is C16H21NO3. The Kier molecular flexibility index (Phi) is 4.14. The fraction of sp³-hybridized carbons (Fsp3) is 0.438. The summed E-state index contributed by atoms with van der Waals surface area (Å²) in [4.78, 5) is 11.5. The molecule has 108 valence electrons. The van der Waals surface area contributed by atoms with E-state index in [-0.39, 0.29) is 0 Å². The average Bonchev–Trinajstić information content (AvgIpc) is 2.73. The van der Waals surface area contributed by atoms with Crippen LogP contribution in [0.15, 0.2) is 18.3 Å². The molecule has 4 heteroatoms. The maximum atomic E-state index is 11.5. The highest BCUT2D eigenvalue weighted by Crippen LogP contribution is 2.30. The van der Waals surface area contributed by atoms with E-state index in [1.165, 1.54) is 0 Å². The first kappa shape index (κ1) is 14.6. The SMILES string of the molecule is CCCCn1cc(C(C)O)c2cc(C)cc(C(=O)O)c21. The van der Waals surface area contributed by atoms with Gasteiger partial charge >= 0.3 is 5.97 Å². The molecule has 1 atom stereocenters. The molecule has 0 saturated heterocycles. The summed E-state index contributed by atoms with van der Waals surface area (Å²) in [7, 11) is 0. The number of nitrogens with zero attached hydrogens (tertiary/aromatic N) is 1. The predicted molar refractivity (Wildman–Crippen MR) is 79.2 cm³/mol. The number of carboxylic acids is 1. The molecule has 0 amide bonds. The van der Waals surface area contributed by atoms with Crippen molar-refractivity contribution in [1.29, 1.82) is 0 Å². The third kappa shape index (κ3) is 2.56. The van der Waals surface area contributed by atoms with Crippen LogP contribution < -0.4 is 0 Å². The van der Waals surface area contributed by atoms with E-state index in [1.807, 2.05) is 23.8 Å². The van der Waals surface area contributed by atoms with Gasteiger partial charge in [-0.05, 0) is 38.0 Å². The number of aromatic nitrogens is 1. The lowest BCUT2D eigenvalue weighted by Gasteiger charge is -2.08. The van der Waals surface area contributed by atoms with E-state index in [0.717, 1.165) is 35.9 Å². The number of hydrogen-bond donors (Lipinski definition) is 2. The molecule has 2 N–H and O–H groups in total. The second kappa shape index (κ2) is 5.67. The van der Waals surface area contributed by atoms with Crippen LogP contribution in [-0.2, 0) is 6.54 Å². The zero-order chi connectivity index (χ0) is 14.9. The highest BCUT2D eigenvalue weighted by atomic mass is 16.4. The van der Waals surface area contributed by atoms with E-state index in [4.69, 9.17) is 0 Å². The smallest absolute Gasteiger partial charge is 0.337 e. The van der Waals surface area contributed by atoms with Gasteiger partial charge in [0.2, 0.25) is 0 Å². The van der Waals surface area contributed by atoms with E-state index >= 15 is 0 Å². The molecule has 4 nitrogen and oxygen atoms in total. The Labute approximate surface area is 118 Å². The van der Waals surface area contributed by atoms with Gasteiger partial charge in [0, 0.05) is 23.7 Å². The average molecular weight is 275 g/mol. The first-order valence-electron chi connectivity index (χ1n) is 7.00. The molecule has 1 unspecified atom stereocenters. The van der Waals surface area contributed by atoms with Gasteiger partial charge in [-0.1, -0.05) is 13.3 Å². The number of aliphatic hydroxyl groups excluding tert-OH is 1. The van der Waals surface area contributed by atoms with Crippen LogP contribution in [0, 0.1) is 6.92 Å². The van der Waals surface area contributed by atoms with Crippen LogP contribution in [0.2, 0.25) is 0 Å². The van der Waals surface area contributed by atoms with Gasteiger partial charge in [0.05, 0.1) is 17.2 Å². The number of unbranched alkanes of at least 4 members (excludes halogenated alkanes) is 1. The lowest BCUT2D eigenvalue weighted by molar-refractivity contribution is 0.0698. The molecule has 0 bridgehead atoms. The summed E-state index contributed by atoms with van der Waals surface area (Å²) in [5.74, 6) is -0.924. The molecule has 1 aromatic heterocycles. The summed E-state index contributed by atoms with van der Waals surface area (Å²) in [6.07, 6.45) is 3.30. The van der Waals surface area contributed by atoms with Gasteiger partial charge in [-0.2, -0.15) is 0 Å². The number of carbonyl (C=O) groups is 1. The number of aryl methyl sites for hydroxylation is 2. The number of aliphatic hydroxyl groups is 1. The van der Waals surface area contributed by atoms with Gasteiger partial charge in [-0.25, -0.2) is 4.79 Å². The Morgan fingerprint density at radius 2 is 2.10 bits per heavy atom. The van der Waals surface area contributed by atoms with Crippen molar-refractivity contribution in [2.24, 2.45) is 0 Å². The van der Waals surface area contributed by atoms with Gasteiger partial charge in [0.25, 0.3) is 0 Å². The Balaban J connectivity index is 2.75. The fourth-order valence-electron chi connectivity index (χ4n) is 2.61. The quantitative estimate of drug-likeness (QED) is 0.877. The van der Waals surface area contributed by atoms with Gasteiger partial charge in [-0.15, -0.1) is 0 Å². The second-order valence-corrected chi connectivity index (χ2v) is 5.32. The minimum atomic E-state index is -0.924. The molecule has 0 fully saturated rings. The van der Waals surface area contributed by atoms with Crippen molar-refractivity contribution in [3.05, 3.63) is 35.0 Å². The second-order valence-electron chi connectivity index (χ2n) is 5.32. The summed E-state index contributed by atoms with van der Waals surface area (Å²) in [6, 6.07) is 3.64. The lowest BCUT2D eigenvalue weighted by Crippen LogP contribution is -2.03. The van der Waals surface area contributed by atoms with Crippen molar-refractivity contribution >= 4 is 16.9 Å². The summed E-state index contributed by atoms with van der Waals surface area (Å²) in [5, 5.41) is 20.2. The minimum absolute atomic E-state index is 0.308. The zero-order valence-corrected chi connectivity index (χ0v) is 12.2. The van der Waals surface area contributed by atoms with Crippen molar-refractivity contribution in [2.75, 3.05) is 0 Å². The highest BCUT2D eigenvalue weighted by Gasteiger charge is 2.19. The molecule has 1 heterocycles. The molecule has 0 aliphatic carbocycles. The summed E-state index contributed by atoms with van der Waals surface area (Å²) < 4.78 is 1.96. The third-order valence-electron chi connectivity index (χ3n) is 3.58. The molecule has 2 rings (SSSR count). The largest absolute Gasteiger partial charge is 0.478 e. The molecule has 2 aromatic rings. The van der Waals surface area contributed by atoms with E-state index in [1.54, 1.807) is 13.0 Å². The van der Waals surface area contributed by atoms with E-state index in [0.29, 0.717) is 11.1 Å². The summed E-state index contributed by atoms with van der Waals surface area (Å²) >= 11 is 0. The molecule has 0 saturated carbocycles. The van der Waals surface area contributed by atoms with Crippen molar-refractivity contribution in [3.8, 4) is 0 Å². The van der Waals surface area contributed by atoms with E-state index < -0.39 is 12.1 Å². The van der Waals surface area contributed by atoms with Gasteiger partial charge in [-0.3, -0.25) is 0 Å². The molecule has 0 spiro atoms. The Hall–Kier alpha value is -1.81. The first-order valence-corrected chi connectivity index (χ1v) is 7.00.